The third-order valence-corrected chi connectivity index (χ3v) is 43.2. The van der Waals surface area contributed by atoms with E-state index in [1.54, 1.807) is 60.5 Å². The average Bonchev–Trinajstić information content (AvgIpc) is 1.64. The number of aliphatic hydroxyl groups is 3. The van der Waals surface area contributed by atoms with Crippen LogP contribution in [0.1, 0.15) is 253 Å². The van der Waals surface area contributed by atoms with Crippen LogP contribution in [-0.2, 0) is 74.6 Å². The summed E-state index contributed by atoms with van der Waals surface area (Å²) in [6, 6.07) is 43.2. The number of amides is 2. The van der Waals surface area contributed by atoms with E-state index in [0.29, 0.717) is 47.1 Å². The number of carbonyl (C=O) groups excluding carboxylic acids is 2. The normalized spacial score (nSPS) is 24.0. The Morgan fingerprint density at radius 1 is 0.392 bits per heavy atom. The highest BCUT2D eigenvalue weighted by Crippen LogP contribution is 2.50. The van der Waals surface area contributed by atoms with Crippen LogP contribution >= 0.6 is 0 Å². The molecule has 796 valence electrons. The lowest BCUT2D eigenvalue weighted by molar-refractivity contribution is 0.0325. The van der Waals surface area contributed by atoms with E-state index in [1.807, 2.05) is 47.4 Å². The van der Waals surface area contributed by atoms with E-state index in [4.69, 9.17) is 33.7 Å². The average molecular weight is 2120 g/mol. The van der Waals surface area contributed by atoms with Gasteiger partial charge in [-0.05, 0) is 249 Å². The molecule has 0 spiro atoms. The van der Waals surface area contributed by atoms with Crippen molar-refractivity contribution in [2.75, 3.05) is 47.5 Å². The molecule has 4 saturated carbocycles. The van der Waals surface area contributed by atoms with Gasteiger partial charge in [-0.2, -0.15) is 33.9 Å². The van der Waals surface area contributed by atoms with Gasteiger partial charge in [0, 0.05) is 98.9 Å². The summed E-state index contributed by atoms with van der Waals surface area (Å²) in [6.45, 7) is 32.2. The molecule has 8 aliphatic carbocycles. The topological polar surface area (TPSA) is 502 Å². The predicted molar refractivity (Wildman–Crippen MR) is 578 cm³/mol. The highest BCUT2D eigenvalue weighted by atomic mass is 32.2. The second-order valence-corrected chi connectivity index (χ2v) is 60.0. The van der Waals surface area contributed by atoms with Gasteiger partial charge in [-0.3, -0.25) is 0 Å². The molecule has 0 saturated heterocycles. The number of nitrogens with one attached hydrogen (secondary N) is 5. The summed E-state index contributed by atoms with van der Waals surface area (Å²) >= 11 is 0. The van der Waals surface area contributed by atoms with E-state index in [-0.39, 0.29) is 115 Å². The molecule has 0 radical (unpaired) electrons. The van der Waals surface area contributed by atoms with Crippen LogP contribution in [0.3, 0.4) is 0 Å². The lowest BCUT2D eigenvalue weighted by Gasteiger charge is -2.40. The molecule has 0 bridgehead atoms. The highest BCUT2D eigenvalue weighted by Gasteiger charge is 2.50. The molecule has 0 aliphatic heterocycles. The highest BCUT2D eigenvalue weighted by molar-refractivity contribution is 7.87. The number of rotatable bonds is 26. The Labute approximate surface area is 869 Å². The van der Waals surface area contributed by atoms with E-state index < -0.39 is 88.8 Å². The minimum absolute atomic E-state index is 0.0229. The number of ether oxygens (including phenoxy) is 2. The maximum absolute atomic E-state index is 13.1. The Bertz CT molecular complexity index is 7160. The third-order valence-electron chi connectivity index (χ3n) is 31.8. The third kappa shape index (κ3) is 24.4. The van der Waals surface area contributed by atoms with Gasteiger partial charge in [0.1, 0.15) is 82.4 Å². The first-order chi connectivity index (χ1) is 69.8. The Kier molecular flexibility index (Phi) is 31.5. The number of fused-ring (bicyclic) bond motifs is 8. The maximum atomic E-state index is 13.1. The van der Waals surface area contributed by atoms with Crippen LogP contribution in [0.2, 0.25) is 36.3 Å². The fourth-order valence-corrected chi connectivity index (χ4v) is 26.8. The monoisotopic (exact) mass is 2120 g/mol. The number of anilines is 4. The quantitative estimate of drug-likeness (QED) is 0.0224. The van der Waals surface area contributed by atoms with Crippen LogP contribution < -0.4 is 41.4 Å². The van der Waals surface area contributed by atoms with Crippen molar-refractivity contribution in [2.24, 2.45) is 39.1 Å². The molecule has 8 aromatic heterocycles. The molecular formula is C106H146N22O15S3Si2. The molecule has 37 nitrogen and oxygen atoms in total. The summed E-state index contributed by atoms with van der Waals surface area (Å²) in [5.74, 6) is 2.37. The lowest BCUT2D eigenvalue weighted by Crippen LogP contribution is -2.49. The van der Waals surface area contributed by atoms with Crippen molar-refractivity contribution >= 4 is 127 Å². The summed E-state index contributed by atoms with van der Waals surface area (Å²) in [5, 5.41) is 65.7. The fraction of sp³-hybridized carbons (Fsp3) is 0.528. The molecule has 20 rings (SSSR count). The molecule has 12 aromatic rings. The lowest BCUT2D eigenvalue weighted by atomic mass is 10.1. The number of benzene rings is 4. The van der Waals surface area contributed by atoms with Gasteiger partial charge in [-0.15, -0.1) is 0 Å². The van der Waals surface area contributed by atoms with E-state index in [0.717, 1.165) is 132 Å². The van der Waals surface area contributed by atoms with Gasteiger partial charge in [0.15, 0.2) is 16.6 Å². The Morgan fingerprint density at radius 3 is 0.966 bits per heavy atom. The smallest absolute Gasteiger partial charge is 0.425 e. The molecule has 42 heteroatoms. The zero-order valence-corrected chi connectivity index (χ0v) is 92.0. The van der Waals surface area contributed by atoms with E-state index in [2.05, 4.69) is 251 Å². The molecule has 4 aromatic carbocycles. The Hall–Kier alpha value is -11.0. The van der Waals surface area contributed by atoms with Gasteiger partial charge < -0.3 is 73.2 Å². The van der Waals surface area contributed by atoms with Crippen LogP contribution in [0.15, 0.2) is 171 Å². The largest absolute Gasteiger partial charge is 0.443 e. The van der Waals surface area contributed by atoms with Crippen molar-refractivity contribution in [2.45, 2.75) is 306 Å². The molecule has 16 atom stereocenters. The molecule has 4 fully saturated rings. The van der Waals surface area contributed by atoms with Crippen molar-refractivity contribution < 1.29 is 68.5 Å². The first-order valence-electron chi connectivity index (χ1n) is 51.6. The maximum Gasteiger partial charge on any atom is 0.425 e. The SMILES string of the molecule is CC(C)(C)OC(=O)N(C[C@@H]1C[C@@H](n2ccc3c(N[C@H]4CCc5ccccc54)ncnc32)C[C@@H]1O)S(N)(=O)=O.CC(C)(C)OC(=O)N(C[C@@H]1C[C@@H](n2ccc3c(N[C@H]4CCc5ccccc54)ncnc32)C[C@@H]1O[Si](C)(C)C(C)(C)C)S(N)(=O)=O.CC(C)(C)[Si](C)(C)O[C@H]1C[C@H](n2ccc3c(N[C@H]4CCc5ccccc54)ncnc32)C[C@H]1CO.NS(=O)(=O)NC[C@@H]1C[C@@H](n2ccc3c(N[C@H]4CCc5ccccc54)ncnc32)C[C@@H]1O. The number of nitrogens with zero attached hydrogens (tertiary/aromatic N) is 14. The van der Waals surface area contributed by atoms with Gasteiger partial charge in [0.05, 0.1) is 70.1 Å². The summed E-state index contributed by atoms with van der Waals surface area (Å²) in [7, 11) is -16.7. The van der Waals surface area contributed by atoms with Crippen LogP contribution in [0.25, 0.3) is 44.1 Å². The predicted octanol–water partition coefficient (Wildman–Crippen LogP) is 17.1. The van der Waals surface area contributed by atoms with Crippen molar-refractivity contribution in [3.8, 4) is 0 Å². The molecule has 14 N–H and O–H groups in total. The molecule has 0 unspecified atom stereocenters. The zero-order chi connectivity index (χ0) is 106. The van der Waals surface area contributed by atoms with Crippen LogP contribution in [0, 0.1) is 23.7 Å². The van der Waals surface area contributed by atoms with Crippen LogP contribution in [0.5, 0.6) is 0 Å². The number of aromatic nitrogens is 12. The second-order valence-electron chi connectivity index (χ2n) is 46.2. The Morgan fingerprint density at radius 2 is 0.669 bits per heavy atom. The van der Waals surface area contributed by atoms with Crippen molar-refractivity contribution in [1.29, 1.82) is 0 Å². The van der Waals surface area contributed by atoms with E-state index >= 15 is 0 Å². The summed E-state index contributed by atoms with van der Waals surface area (Å²) < 4.78 is 108. The number of nitrogens with two attached hydrogens (primary N) is 3. The van der Waals surface area contributed by atoms with Crippen molar-refractivity contribution in [1.82, 2.24) is 71.5 Å². The standard InChI is InChI=1S/C32H48N6O5SSi.C27H38N4O2Si.C26H34N6O5S.C21H26N6O3S/c1-31(2,3)42-30(39)38(44(33,40)41)19-22-17-23(18-27(22)43-45(7,8)32(4,5)6)37-16-15-25-28(34-20-35-29(25)37)36-26-14-13-21-11-9-10-12-24(21)26;1-27(2,3)34(4,5)33-24-15-20(14-19(24)16-32)31-13-12-22-25(28-17-29-26(22)31)30-23-11-10-18-8-6-7-9-21(18)23;1-26(2,3)37-25(34)32(38(27,35)36)14-17-12-18(13-22(17)33)31-11-10-20-23(28-15-29-24(20)31)30-21-9-8-16-6-4-5-7-19(16)21;22-31(29,30)25-11-14-9-15(10-19(14)28)27-8-7-17-20(23-12-24-21(17)27)26-18-6-5-13-3-1-2-4-16(13)18/h9-12,15-16,20,22-23,26-27H,13-14,17-19H2,1-8H3,(H2,33,40,41)(H,34,35,36);6-9,12-13,17,19-20,23-24,32H,10-11,14-16H2,1-5H3,(H,28,29,30);4-7,10-11,15,17-18,21-22,33H,8-9,12-14H2,1-3H3,(H2,27,35,36)(H,28,29,30);1-4,7-8,12,14-15,18-19,25,28H,5-6,9-11H2,(H2,22,29,30)(H,23,24,26)/t22-,23+,26-,27-;19-,20+,23-,24-;17-,18+,21-,22-;14-,15+,18-,19-/m0000/s1. The number of aliphatic hydroxyl groups excluding tert-OH is 3. The van der Waals surface area contributed by atoms with Crippen molar-refractivity contribution in [3.05, 3.63) is 216 Å². The summed E-state index contributed by atoms with van der Waals surface area (Å²) in [6.07, 6.45) is 24.0. The first kappa shape index (κ1) is 108. The molecular weight excluding hydrogens is 1970 g/mol. The molecule has 8 heterocycles. The molecule has 148 heavy (non-hydrogen) atoms. The van der Waals surface area contributed by atoms with Gasteiger partial charge in [-0.1, -0.05) is 139 Å². The zero-order valence-electron chi connectivity index (χ0n) is 87.5. The minimum atomic E-state index is -4.39. The number of aryl methyl sites for hydroxylation is 4. The van der Waals surface area contributed by atoms with E-state index in [9.17, 15) is 50.2 Å². The van der Waals surface area contributed by atoms with Gasteiger partial charge >= 0.3 is 32.6 Å². The van der Waals surface area contributed by atoms with Gasteiger partial charge in [0.25, 0.3) is 10.2 Å². The summed E-state index contributed by atoms with van der Waals surface area (Å²) in [5.41, 5.74) is 12.3. The van der Waals surface area contributed by atoms with Crippen LogP contribution in [-0.4, -0.2) is 198 Å². The molecule has 8 aliphatic rings. The number of hydrogen-bond acceptors (Lipinski definition) is 27. The fourth-order valence-electron chi connectivity index (χ4n) is 22.2. The molecule has 2 amide bonds. The Balaban J connectivity index is 0.000000136. The summed E-state index contributed by atoms with van der Waals surface area (Å²) in [4.78, 5) is 62.2. The first-order valence-corrected chi connectivity index (χ1v) is 62.0. The van der Waals surface area contributed by atoms with Crippen molar-refractivity contribution in [3.63, 3.8) is 0 Å². The van der Waals surface area contributed by atoms with Gasteiger partial charge in [0.2, 0.25) is 0 Å². The number of carbonyl (C=O) groups is 2. The number of hydrogen-bond donors (Lipinski definition) is 11. The van der Waals surface area contributed by atoms with Crippen LogP contribution in [0.4, 0.5) is 32.9 Å². The second kappa shape index (κ2) is 43.0. The van der Waals surface area contributed by atoms with E-state index in [1.165, 1.54) is 50.8 Å². The minimum Gasteiger partial charge on any atom is -0.443 e. The van der Waals surface area contributed by atoms with Gasteiger partial charge in [-0.25, -0.2) is 69.6 Å².